The van der Waals surface area contributed by atoms with E-state index in [2.05, 4.69) is 12.2 Å². The van der Waals surface area contributed by atoms with Crippen molar-refractivity contribution in [2.75, 3.05) is 19.8 Å². The molecule has 0 aliphatic carbocycles. The second-order valence-electron chi connectivity index (χ2n) is 4.83. The standard InChI is InChI=1S/C14H23NO5/c1-2-3-11(4-5-13(16)17)6-7-15-14(18)12-10-19-8-9-20-12/h10-11H,2-9H2,1H3,(H,15,18)(H,16,17). The minimum absolute atomic E-state index is 0.181. The van der Waals surface area contributed by atoms with Gasteiger partial charge in [0, 0.05) is 13.0 Å². The first kappa shape index (κ1) is 16.3. The van der Waals surface area contributed by atoms with E-state index in [1.54, 1.807) is 0 Å². The Balaban J connectivity index is 2.26. The van der Waals surface area contributed by atoms with Gasteiger partial charge in [-0.15, -0.1) is 0 Å². The fourth-order valence-corrected chi connectivity index (χ4v) is 2.13. The highest BCUT2D eigenvalue weighted by Gasteiger charge is 2.15. The Labute approximate surface area is 119 Å². The normalized spacial score (nSPS) is 15.6. The van der Waals surface area contributed by atoms with E-state index < -0.39 is 5.97 Å². The number of hydrogen-bond acceptors (Lipinski definition) is 4. The van der Waals surface area contributed by atoms with Crippen molar-refractivity contribution in [2.24, 2.45) is 5.92 Å². The molecular weight excluding hydrogens is 262 g/mol. The molecule has 0 saturated heterocycles. The minimum Gasteiger partial charge on any atom is -0.494 e. The molecule has 1 aliphatic rings. The molecule has 6 nitrogen and oxygen atoms in total. The van der Waals surface area contributed by atoms with E-state index in [1.807, 2.05) is 0 Å². The molecule has 0 saturated carbocycles. The number of ether oxygens (including phenoxy) is 2. The van der Waals surface area contributed by atoms with Gasteiger partial charge < -0.3 is 19.9 Å². The highest BCUT2D eigenvalue weighted by atomic mass is 16.6. The summed E-state index contributed by atoms with van der Waals surface area (Å²) in [4.78, 5) is 22.3. The molecule has 1 aliphatic heterocycles. The lowest BCUT2D eigenvalue weighted by Gasteiger charge is -2.17. The molecule has 0 bridgehead atoms. The number of carboxylic acid groups (broad SMARTS) is 1. The third kappa shape index (κ3) is 6.45. The number of rotatable bonds is 9. The molecule has 2 N–H and O–H groups in total. The van der Waals surface area contributed by atoms with Crippen LogP contribution in [0, 0.1) is 5.92 Å². The summed E-state index contributed by atoms with van der Waals surface area (Å²) in [6.07, 6.45) is 4.93. The number of nitrogens with one attached hydrogen (secondary N) is 1. The molecule has 0 aromatic rings. The first-order valence-electron chi connectivity index (χ1n) is 7.08. The number of carbonyl (C=O) groups excluding carboxylic acids is 1. The van der Waals surface area contributed by atoms with E-state index in [0.717, 1.165) is 19.3 Å². The van der Waals surface area contributed by atoms with Crippen molar-refractivity contribution in [3.63, 3.8) is 0 Å². The topological polar surface area (TPSA) is 84.9 Å². The Morgan fingerprint density at radius 2 is 2.15 bits per heavy atom. The maximum atomic E-state index is 11.7. The molecular formula is C14H23NO5. The monoisotopic (exact) mass is 285 g/mol. The zero-order valence-corrected chi connectivity index (χ0v) is 11.9. The van der Waals surface area contributed by atoms with Gasteiger partial charge in [-0.25, -0.2) is 0 Å². The van der Waals surface area contributed by atoms with Gasteiger partial charge in [0.2, 0.25) is 5.76 Å². The summed E-state index contributed by atoms with van der Waals surface area (Å²) in [5.41, 5.74) is 0. The summed E-state index contributed by atoms with van der Waals surface area (Å²) in [5, 5.41) is 11.5. The molecule has 0 radical (unpaired) electrons. The van der Waals surface area contributed by atoms with Gasteiger partial charge in [-0.3, -0.25) is 9.59 Å². The van der Waals surface area contributed by atoms with Crippen LogP contribution >= 0.6 is 0 Å². The first-order chi connectivity index (χ1) is 9.63. The lowest BCUT2D eigenvalue weighted by Crippen LogP contribution is -2.30. The number of aliphatic carboxylic acids is 1. The summed E-state index contributed by atoms with van der Waals surface area (Å²) in [7, 11) is 0. The van der Waals surface area contributed by atoms with E-state index in [1.165, 1.54) is 6.26 Å². The van der Waals surface area contributed by atoms with Gasteiger partial charge in [-0.2, -0.15) is 0 Å². The SMILES string of the molecule is CCCC(CCNC(=O)C1=COCCO1)CCC(=O)O. The zero-order chi connectivity index (χ0) is 14.8. The minimum atomic E-state index is -0.770. The molecule has 0 aromatic carbocycles. The van der Waals surface area contributed by atoms with E-state index in [0.29, 0.717) is 32.1 Å². The van der Waals surface area contributed by atoms with Gasteiger partial charge in [0.15, 0.2) is 0 Å². The highest BCUT2D eigenvalue weighted by Crippen LogP contribution is 2.17. The Bertz CT molecular complexity index is 353. The van der Waals surface area contributed by atoms with Crippen LogP contribution in [0.3, 0.4) is 0 Å². The molecule has 0 aromatic heterocycles. The lowest BCUT2D eigenvalue weighted by atomic mass is 9.94. The van der Waals surface area contributed by atoms with Crippen molar-refractivity contribution >= 4 is 11.9 Å². The summed E-state index contributed by atoms with van der Waals surface area (Å²) in [6, 6.07) is 0. The van der Waals surface area contributed by atoms with Gasteiger partial charge in [0.1, 0.15) is 19.5 Å². The van der Waals surface area contributed by atoms with Crippen LogP contribution in [0.1, 0.15) is 39.0 Å². The molecule has 1 rings (SSSR count). The number of hydrogen-bond donors (Lipinski definition) is 2. The summed E-state index contributed by atoms with van der Waals surface area (Å²) < 4.78 is 10.2. The quantitative estimate of drug-likeness (QED) is 0.673. The molecule has 6 heteroatoms. The van der Waals surface area contributed by atoms with Gasteiger partial charge in [-0.1, -0.05) is 19.8 Å². The predicted molar refractivity (Wildman–Crippen MR) is 72.9 cm³/mol. The van der Waals surface area contributed by atoms with Crippen molar-refractivity contribution < 1.29 is 24.2 Å². The maximum Gasteiger partial charge on any atom is 0.303 e. The Kier molecular flexibility index (Phi) is 7.54. The summed E-state index contributed by atoms with van der Waals surface area (Å²) in [6.45, 7) is 3.44. The van der Waals surface area contributed by atoms with E-state index >= 15 is 0 Å². The average Bonchev–Trinajstić information content (AvgIpc) is 2.45. The fraction of sp³-hybridized carbons (Fsp3) is 0.714. The smallest absolute Gasteiger partial charge is 0.303 e. The molecule has 1 unspecified atom stereocenters. The fourth-order valence-electron chi connectivity index (χ4n) is 2.13. The third-order valence-electron chi connectivity index (χ3n) is 3.17. The Morgan fingerprint density at radius 3 is 2.75 bits per heavy atom. The van der Waals surface area contributed by atoms with Crippen LogP contribution in [0.25, 0.3) is 0 Å². The van der Waals surface area contributed by atoms with Gasteiger partial charge >= 0.3 is 5.97 Å². The van der Waals surface area contributed by atoms with Gasteiger partial charge in [0.05, 0.1) is 0 Å². The van der Waals surface area contributed by atoms with E-state index in [9.17, 15) is 9.59 Å². The molecule has 0 fully saturated rings. The molecule has 0 spiro atoms. The van der Waals surface area contributed by atoms with Crippen molar-refractivity contribution in [1.29, 1.82) is 0 Å². The Hall–Kier alpha value is -1.72. The molecule has 1 atom stereocenters. The second kappa shape index (κ2) is 9.23. The number of amides is 1. The van der Waals surface area contributed by atoms with Crippen LogP contribution in [-0.4, -0.2) is 36.7 Å². The van der Waals surface area contributed by atoms with Crippen LogP contribution < -0.4 is 5.32 Å². The van der Waals surface area contributed by atoms with Gasteiger partial charge in [-0.05, 0) is 18.8 Å². The molecule has 114 valence electrons. The van der Waals surface area contributed by atoms with Crippen LogP contribution in [0.5, 0.6) is 0 Å². The van der Waals surface area contributed by atoms with Crippen molar-refractivity contribution in [2.45, 2.75) is 39.0 Å². The van der Waals surface area contributed by atoms with Crippen LogP contribution in [0.15, 0.2) is 12.0 Å². The predicted octanol–water partition coefficient (Wildman–Crippen LogP) is 1.66. The lowest BCUT2D eigenvalue weighted by molar-refractivity contribution is -0.137. The first-order valence-corrected chi connectivity index (χ1v) is 7.08. The highest BCUT2D eigenvalue weighted by molar-refractivity contribution is 5.91. The Morgan fingerprint density at radius 1 is 1.35 bits per heavy atom. The van der Waals surface area contributed by atoms with Crippen LogP contribution in [0.4, 0.5) is 0 Å². The molecule has 20 heavy (non-hydrogen) atoms. The second-order valence-corrected chi connectivity index (χ2v) is 4.83. The van der Waals surface area contributed by atoms with Gasteiger partial charge in [0.25, 0.3) is 5.91 Å². The van der Waals surface area contributed by atoms with E-state index in [-0.39, 0.29) is 18.1 Å². The molecule has 1 amide bonds. The largest absolute Gasteiger partial charge is 0.494 e. The number of carbonyl (C=O) groups is 2. The van der Waals surface area contributed by atoms with Crippen molar-refractivity contribution in [1.82, 2.24) is 5.32 Å². The van der Waals surface area contributed by atoms with E-state index in [4.69, 9.17) is 14.6 Å². The van der Waals surface area contributed by atoms with Crippen LogP contribution in [-0.2, 0) is 19.1 Å². The number of carboxylic acids is 1. The van der Waals surface area contributed by atoms with Crippen molar-refractivity contribution in [3.8, 4) is 0 Å². The van der Waals surface area contributed by atoms with Crippen LogP contribution in [0.2, 0.25) is 0 Å². The zero-order valence-electron chi connectivity index (χ0n) is 11.9. The maximum absolute atomic E-state index is 11.7. The summed E-state index contributed by atoms with van der Waals surface area (Å²) in [5.74, 6) is -0.519. The van der Waals surface area contributed by atoms with Crippen molar-refractivity contribution in [3.05, 3.63) is 12.0 Å². The average molecular weight is 285 g/mol. The summed E-state index contributed by atoms with van der Waals surface area (Å²) >= 11 is 0. The molecule has 1 heterocycles. The third-order valence-corrected chi connectivity index (χ3v) is 3.17.